The van der Waals surface area contributed by atoms with E-state index in [1.165, 1.54) is 54.7 Å². The summed E-state index contributed by atoms with van der Waals surface area (Å²) in [5.74, 6) is 0. The second kappa shape index (κ2) is 12.6. The van der Waals surface area contributed by atoms with Gasteiger partial charge in [-0.15, -0.1) is 0 Å². The number of allylic oxidation sites excluding steroid dienone is 3. The molecule has 9 rings (SSSR count). The van der Waals surface area contributed by atoms with E-state index in [9.17, 15) is 0 Å². The molecule has 0 amide bonds. The molecule has 3 heteroatoms. The van der Waals surface area contributed by atoms with E-state index in [1.807, 2.05) is 6.20 Å². The maximum Gasteiger partial charge on any atom is 0.0541 e. The number of hydrogen-bond acceptors (Lipinski definition) is 1. The molecular weight excluding hydrogens is 619 g/mol. The second-order valence-corrected chi connectivity index (χ2v) is 13.0. The highest BCUT2D eigenvalue weighted by atomic mass is 15.0. The Morgan fingerprint density at radius 2 is 0.804 bits per heavy atom. The van der Waals surface area contributed by atoms with Gasteiger partial charge < -0.3 is 9.13 Å². The first kappa shape index (κ1) is 30.4. The van der Waals surface area contributed by atoms with Gasteiger partial charge in [-0.3, -0.25) is 4.99 Å². The van der Waals surface area contributed by atoms with Gasteiger partial charge in [-0.2, -0.15) is 0 Å². The molecule has 242 valence electrons. The Kier molecular flexibility index (Phi) is 7.52. The molecule has 7 aromatic carbocycles. The van der Waals surface area contributed by atoms with E-state index in [0.29, 0.717) is 0 Å². The largest absolute Gasteiger partial charge is 0.309 e. The molecule has 9 aromatic rings. The van der Waals surface area contributed by atoms with E-state index >= 15 is 0 Å². The molecule has 51 heavy (non-hydrogen) atoms. The molecule has 0 radical (unpaired) electrons. The van der Waals surface area contributed by atoms with Crippen LogP contribution in [0.2, 0.25) is 0 Å². The van der Waals surface area contributed by atoms with Crippen molar-refractivity contribution in [2.45, 2.75) is 6.92 Å². The molecular formula is C48H35N3. The van der Waals surface area contributed by atoms with E-state index in [0.717, 1.165) is 33.6 Å². The Morgan fingerprint density at radius 3 is 1.22 bits per heavy atom. The van der Waals surface area contributed by atoms with Crippen LogP contribution in [0.25, 0.3) is 77.3 Å². The Bertz CT molecular complexity index is 2680. The number of hydrogen-bond donors (Lipinski definition) is 0. The normalized spacial score (nSPS) is 12.3. The van der Waals surface area contributed by atoms with Crippen LogP contribution >= 0.6 is 0 Å². The summed E-state index contributed by atoms with van der Waals surface area (Å²) in [6.07, 6.45) is 4.03. The summed E-state index contributed by atoms with van der Waals surface area (Å²) in [7, 11) is 0. The molecule has 0 spiro atoms. The van der Waals surface area contributed by atoms with E-state index in [2.05, 4.69) is 204 Å². The van der Waals surface area contributed by atoms with Gasteiger partial charge in [0.2, 0.25) is 0 Å². The topological polar surface area (TPSA) is 22.2 Å². The lowest BCUT2D eigenvalue weighted by atomic mass is 9.98. The van der Waals surface area contributed by atoms with Crippen LogP contribution < -0.4 is 0 Å². The Morgan fingerprint density at radius 1 is 0.451 bits per heavy atom. The van der Waals surface area contributed by atoms with Crippen LogP contribution in [0.4, 0.5) is 0 Å². The predicted molar refractivity (Wildman–Crippen MR) is 218 cm³/mol. The number of para-hydroxylation sites is 4. The van der Waals surface area contributed by atoms with Crippen LogP contribution in [0.1, 0.15) is 18.1 Å². The summed E-state index contributed by atoms with van der Waals surface area (Å²) in [5, 5.41) is 5.06. The number of aliphatic imine (C=N–C) groups is 1. The molecule has 3 nitrogen and oxygen atoms in total. The average Bonchev–Trinajstić information content (AvgIpc) is 3.71. The summed E-state index contributed by atoms with van der Waals surface area (Å²) in [5.41, 5.74) is 13.9. The number of fused-ring (bicyclic) bond motifs is 6. The molecule has 0 bridgehead atoms. The van der Waals surface area contributed by atoms with E-state index in [1.54, 1.807) is 0 Å². The molecule has 0 saturated carbocycles. The number of rotatable bonds is 7. The van der Waals surface area contributed by atoms with Gasteiger partial charge in [0.25, 0.3) is 0 Å². The second-order valence-electron chi connectivity index (χ2n) is 13.0. The molecule has 2 aromatic heterocycles. The highest BCUT2D eigenvalue weighted by Crippen LogP contribution is 2.34. The minimum atomic E-state index is 1.01. The molecule has 0 aliphatic carbocycles. The van der Waals surface area contributed by atoms with Crippen LogP contribution in [0, 0.1) is 0 Å². The van der Waals surface area contributed by atoms with Crippen LogP contribution in [0.3, 0.4) is 0 Å². The maximum atomic E-state index is 4.16. The fourth-order valence-corrected chi connectivity index (χ4v) is 7.54. The van der Waals surface area contributed by atoms with Crippen molar-refractivity contribution >= 4 is 61.5 Å². The minimum absolute atomic E-state index is 1.01. The van der Waals surface area contributed by atoms with E-state index in [-0.39, 0.29) is 0 Å². The number of nitrogens with zero attached hydrogens (tertiary/aromatic N) is 3. The molecule has 0 unspecified atom stereocenters. The van der Waals surface area contributed by atoms with Gasteiger partial charge in [-0.1, -0.05) is 121 Å². The van der Waals surface area contributed by atoms with Gasteiger partial charge in [0.05, 0.1) is 22.1 Å². The van der Waals surface area contributed by atoms with Crippen molar-refractivity contribution in [2.24, 2.45) is 4.99 Å². The highest BCUT2D eigenvalue weighted by molar-refractivity contribution is 6.10. The monoisotopic (exact) mass is 653 g/mol. The average molecular weight is 654 g/mol. The third-order valence-corrected chi connectivity index (χ3v) is 10.0. The first-order valence-corrected chi connectivity index (χ1v) is 17.3. The summed E-state index contributed by atoms with van der Waals surface area (Å²) in [6, 6.07) is 60.9. The highest BCUT2D eigenvalue weighted by Gasteiger charge is 2.13. The van der Waals surface area contributed by atoms with Gasteiger partial charge in [0, 0.05) is 44.7 Å². The van der Waals surface area contributed by atoms with Gasteiger partial charge in [0.15, 0.2) is 0 Å². The molecule has 0 aliphatic heterocycles. The molecule has 0 atom stereocenters. The standard InChI is InChI=1S/C48H35N3/c1-33(31-38(32-49-2)37-25-29-40(30-26-37)51-47-17-9-5-13-43(47)44-14-6-10-18-48(44)51)34-19-21-35(22-20-34)36-23-27-39(28-24-36)50-45-15-7-3-11-41(45)42-12-4-8-16-46(42)50/h3-32H,2H2,1H3/b33-31+,38-32+. The van der Waals surface area contributed by atoms with Crippen molar-refractivity contribution in [3.05, 3.63) is 193 Å². The Labute approximate surface area is 297 Å². The van der Waals surface area contributed by atoms with Crippen LogP contribution in [-0.4, -0.2) is 15.9 Å². The van der Waals surface area contributed by atoms with Crippen molar-refractivity contribution in [1.29, 1.82) is 0 Å². The summed E-state index contributed by atoms with van der Waals surface area (Å²) in [6.45, 7) is 5.92. The third-order valence-electron chi connectivity index (χ3n) is 10.0. The van der Waals surface area contributed by atoms with Crippen molar-refractivity contribution < 1.29 is 0 Å². The fraction of sp³-hybridized carbons (Fsp3) is 0.0208. The van der Waals surface area contributed by atoms with E-state index in [4.69, 9.17) is 0 Å². The number of benzene rings is 7. The lowest BCUT2D eigenvalue weighted by Crippen LogP contribution is -1.94. The zero-order valence-corrected chi connectivity index (χ0v) is 28.4. The first-order chi connectivity index (χ1) is 25.2. The lowest BCUT2D eigenvalue weighted by Gasteiger charge is -2.11. The quantitative estimate of drug-likeness (QED) is 0.121. The molecule has 0 saturated heterocycles. The third kappa shape index (κ3) is 5.27. The number of aromatic nitrogens is 2. The molecule has 0 fully saturated rings. The minimum Gasteiger partial charge on any atom is -0.309 e. The van der Waals surface area contributed by atoms with Crippen molar-refractivity contribution in [1.82, 2.24) is 9.13 Å². The predicted octanol–water partition coefficient (Wildman–Crippen LogP) is 12.7. The van der Waals surface area contributed by atoms with Crippen LogP contribution in [-0.2, 0) is 0 Å². The fourth-order valence-electron chi connectivity index (χ4n) is 7.54. The maximum absolute atomic E-state index is 4.16. The zero-order chi connectivity index (χ0) is 34.3. The van der Waals surface area contributed by atoms with Crippen LogP contribution in [0.5, 0.6) is 0 Å². The van der Waals surface area contributed by atoms with E-state index < -0.39 is 0 Å². The van der Waals surface area contributed by atoms with Crippen LogP contribution in [0.15, 0.2) is 187 Å². The summed E-state index contributed by atoms with van der Waals surface area (Å²) in [4.78, 5) is 4.16. The smallest absolute Gasteiger partial charge is 0.0541 e. The summed E-state index contributed by atoms with van der Waals surface area (Å²) < 4.78 is 4.69. The molecule has 0 aliphatic rings. The lowest BCUT2D eigenvalue weighted by molar-refractivity contribution is 1.18. The molecule has 2 heterocycles. The Balaban J connectivity index is 0.979. The van der Waals surface area contributed by atoms with Gasteiger partial charge in [0.1, 0.15) is 0 Å². The van der Waals surface area contributed by atoms with Gasteiger partial charge in [-0.25, -0.2) is 0 Å². The molecule has 0 N–H and O–H groups in total. The van der Waals surface area contributed by atoms with Crippen molar-refractivity contribution in [2.75, 3.05) is 0 Å². The SMILES string of the molecule is C=N/C=C(\C=C(/C)c1ccc(-c2ccc(-n3c4ccccc4c4ccccc43)cc2)cc1)c1ccc(-n2c3ccccc3c3ccccc32)cc1. The van der Waals surface area contributed by atoms with Crippen molar-refractivity contribution in [3.63, 3.8) is 0 Å². The summed E-state index contributed by atoms with van der Waals surface area (Å²) >= 11 is 0. The zero-order valence-electron chi connectivity index (χ0n) is 28.4. The Hall–Kier alpha value is -6.71. The van der Waals surface area contributed by atoms with Gasteiger partial charge in [-0.05, 0) is 96.1 Å². The van der Waals surface area contributed by atoms with Gasteiger partial charge >= 0.3 is 0 Å². The first-order valence-electron chi connectivity index (χ1n) is 17.3. The van der Waals surface area contributed by atoms with Crippen molar-refractivity contribution in [3.8, 4) is 22.5 Å².